The van der Waals surface area contributed by atoms with Crippen molar-refractivity contribution in [2.24, 2.45) is 11.3 Å². The molecule has 1 fully saturated rings. The number of carboxylic acid groups (broad SMARTS) is 1. The van der Waals surface area contributed by atoms with Crippen LogP contribution in [0.25, 0.3) is 0 Å². The summed E-state index contributed by atoms with van der Waals surface area (Å²) in [4.78, 5) is 21.9. The van der Waals surface area contributed by atoms with Gasteiger partial charge in [-0.15, -0.1) is 0 Å². The molecular formula is C9H14O3. The Morgan fingerprint density at radius 3 is 2.58 bits per heavy atom. The lowest BCUT2D eigenvalue weighted by Gasteiger charge is -2.30. The first kappa shape index (κ1) is 9.23. The van der Waals surface area contributed by atoms with Gasteiger partial charge in [-0.1, -0.05) is 13.8 Å². The monoisotopic (exact) mass is 170 g/mol. The molecule has 1 aliphatic carbocycles. The second-order valence-electron chi connectivity index (χ2n) is 4.09. The van der Waals surface area contributed by atoms with Crippen LogP contribution in [-0.4, -0.2) is 16.9 Å². The minimum atomic E-state index is -0.834. The van der Waals surface area contributed by atoms with Gasteiger partial charge in [-0.05, 0) is 12.8 Å². The van der Waals surface area contributed by atoms with Crippen LogP contribution in [0.1, 0.15) is 33.1 Å². The van der Waals surface area contributed by atoms with E-state index < -0.39 is 11.9 Å². The molecule has 68 valence electrons. The van der Waals surface area contributed by atoms with E-state index in [0.29, 0.717) is 12.8 Å². The second kappa shape index (κ2) is 2.88. The van der Waals surface area contributed by atoms with E-state index in [0.717, 1.165) is 0 Å². The lowest BCUT2D eigenvalue weighted by molar-refractivity contribution is -0.148. The topological polar surface area (TPSA) is 54.4 Å². The first-order valence-electron chi connectivity index (χ1n) is 4.19. The molecule has 0 aromatic heterocycles. The number of ketones is 1. The molecule has 0 saturated heterocycles. The maximum atomic E-state index is 11.4. The molecule has 0 aliphatic heterocycles. The molecule has 0 spiro atoms. The highest BCUT2D eigenvalue weighted by Crippen LogP contribution is 2.35. The van der Waals surface area contributed by atoms with E-state index in [1.54, 1.807) is 0 Å². The number of carbonyl (C=O) groups is 2. The van der Waals surface area contributed by atoms with Crippen molar-refractivity contribution in [3.8, 4) is 0 Å². The normalized spacial score (nSPS) is 28.5. The summed E-state index contributed by atoms with van der Waals surface area (Å²) in [6.45, 7) is 3.76. The van der Waals surface area contributed by atoms with Crippen LogP contribution in [0, 0.1) is 11.3 Å². The van der Waals surface area contributed by atoms with Crippen LogP contribution < -0.4 is 0 Å². The predicted octanol–water partition coefficient (Wildman–Crippen LogP) is 1.47. The molecule has 1 rings (SSSR count). The van der Waals surface area contributed by atoms with E-state index in [1.165, 1.54) is 0 Å². The highest BCUT2D eigenvalue weighted by molar-refractivity contribution is 5.89. The Morgan fingerprint density at radius 1 is 1.58 bits per heavy atom. The number of hydrogen-bond donors (Lipinski definition) is 1. The summed E-state index contributed by atoms with van der Waals surface area (Å²) < 4.78 is 0. The molecule has 1 aliphatic rings. The van der Waals surface area contributed by atoms with Crippen LogP contribution in [0.5, 0.6) is 0 Å². The fraction of sp³-hybridized carbons (Fsp3) is 0.778. The lowest BCUT2D eigenvalue weighted by atomic mass is 9.72. The summed E-state index contributed by atoms with van der Waals surface area (Å²) in [6, 6.07) is 0. The average molecular weight is 170 g/mol. The third-order valence-electron chi connectivity index (χ3n) is 2.65. The van der Waals surface area contributed by atoms with E-state index in [-0.39, 0.29) is 17.6 Å². The summed E-state index contributed by atoms with van der Waals surface area (Å²) in [5.74, 6) is -1.19. The largest absolute Gasteiger partial charge is 0.481 e. The van der Waals surface area contributed by atoms with Crippen molar-refractivity contribution in [3.05, 3.63) is 0 Å². The highest BCUT2D eigenvalue weighted by Gasteiger charge is 2.37. The van der Waals surface area contributed by atoms with Gasteiger partial charge >= 0.3 is 5.97 Å². The quantitative estimate of drug-likeness (QED) is 0.648. The van der Waals surface area contributed by atoms with Crippen molar-refractivity contribution >= 4 is 11.8 Å². The molecule has 0 bridgehead atoms. The molecule has 0 amide bonds. The summed E-state index contributed by atoms with van der Waals surface area (Å²) in [5.41, 5.74) is -0.300. The minimum absolute atomic E-state index is 0.0844. The molecule has 12 heavy (non-hydrogen) atoms. The zero-order chi connectivity index (χ0) is 9.35. The number of aliphatic carboxylic acids is 1. The summed E-state index contributed by atoms with van der Waals surface area (Å²) in [5, 5.41) is 8.67. The Kier molecular flexibility index (Phi) is 2.22. The number of rotatable bonds is 1. The smallest absolute Gasteiger partial charge is 0.306 e. The zero-order valence-corrected chi connectivity index (χ0v) is 7.46. The van der Waals surface area contributed by atoms with Crippen LogP contribution in [0.3, 0.4) is 0 Å². The lowest BCUT2D eigenvalue weighted by Crippen LogP contribution is -2.34. The number of carboxylic acids is 1. The van der Waals surface area contributed by atoms with Gasteiger partial charge in [-0.25, -0.2) is 0 Å². The molecule has 1 atom stereocenters. The van der Waals surface area contributed by atoms with Gasteiger partial charge < -0.3 is 5.11 Å². The van der Waals surface area contributed by atoms with Crippen LogP contribution in [-0.2, 0) is 9.59 Å². The van der Waals surface area contributed by atoms with Crippen LogP contribution in [0.4, 0.5) is 0 Å². The molecule has 3 heteroatoms. The molecule has 3 nitrogen and oxygen atoms in total. The van der Waals surface area contributed by atoms with Gasteiger partial charge in [0.15, 0.2) is 0 Å². The fourth-order valence-electron chi connectivity index (χ4n) is 1.49. The maximum absolute atomic E-state index is 11.4. The molecule has 0 aromatic carbocycles. The van der Waals surface area contributed by atoms with Gasteiger partial charge in [0.1, 0.15) is 5.78 Å². The van der Waals surface area contributed by atoms with Crippen molar-refractivity contribution in [2.45, 2.75) is 33.1 Å². The Morgan fingerprint density at radius 2 is 2.17 bits per heavy atom. The van der Waals surface area contributed by atoms with Crippen molar-refractivity contribution in [2.75, 3.05) is 0 Å². The van der Waals surface area contributed by atoms with E-state index in [1.807, 2.05) is 13.8 Å². The van der Waals surface area contributed by atoms with Crippen LogP contribution >= 0.6 is 0 Å². The Labute approximate surface area is 71.8 Å². The summed E-state index contributed by atoms with van der Waals surface area (Å²) in [7, 11) is 0. The third kappa shape index (κ3) is 1.65. The molecule has 1 N–H and O–H groups in total. The van der Waals surface area contributed by atoms with E-state index in [4.69, 9.17) is 5.11 Å². The Bertz CT molecular complexity index is 218. The van der Waals surface area contributed by atoms with Gasteiger partial charge in [0.25, 0.3) is 0 Å². The van der Waals surface area contributed by atoms with Gasteiger partial charge in [0, 0.05) is 11.8 Å². The van der Waals surface area contributed by atoms with E-state index in [9.17, 15) is 9.59 Å². The zero-order valence-electron chi connectivity index (χ0n) is 7.46. The van der Waals surface area contributed by atoms with Crippen LogP contribution in [0.15, 0.2) is 0 Å². The van der Waals surface area contributed by atoms with E-state index >= 15 is 0 Å². The maximum Gasteiger partial charge on any atom is 0.306 e. The molecular weight excluding hydrogens is 156 g/mol. The second-order valence-corrected chi connectivity index (χ2v) is 4.09. The summed E-state index contributed by atoms with van der Waals surface area (Å²) >= 11 is 0. The van der Waals surface area contributed by atoms with E-state index in [2.05, 4.69) is 0 Å². The van der Waals surface area contributed by atoms with Crippen molar-refractivity contribution in [1.82, 2.24) is 0 Å². The Balaban J connectivity index is 2.64. The SMILES string of the molecule is CC1(C)CCC(C(=O)O)CC1=O. The number of carbonyl (C=O) groups excluding carboxylic acids is 1. The standard InChI is InChI=1S/C9H14O3/c1-9(2)4-3-6(8(11)12)5-7(9)10/h6H,3-5H2,1-2H3,(H,11,12). The fourth-order valence-corrected chi connectivity index (χ4v) is 1.49. The van der Waals surface area contributed by atoms with Gasteiger partial charge in [0.05, 0.1) is 5.92 Å². The predicted molar refractivity (Wildman–Crippen MR) is 43.8 cm³/mol. The number of Topliss-reactive ketones (excluding diaryl/α,β-unsaturated/α-hetero) is 1. The van der Waals surface area contributed by atoms with Crippen molar-refractivity contribution < 1.29 is 14.7 Å². The third-order valence-corrected chi connectivity index (χ3v) is 2.65. The van der Waals surface area contributed by atoms with Gasteiger partial charge in [-0.3, -0.25) is 9.59 Å². The van der Waals surface area contributed by atoms with Gasteiger partial charge in [0.2, 0.25) is 0 Å². The number of hydrogen-bond acceptors (Lipinski definition) is 2. The highest BCUT2D eigenvalue weighted by atomic mass is 16.4. The molecule has 0 heterocycles. The molecule has 1 saturated carbocycles. The molecule has 1 unspecified atom stereocenters. The van der Waals surface area contributed by atoms with Gasteiger partial charge in [-0.2, -0.15) is 0 Å². The first-order valence-corrected chi connectivity index (χ1v) is 4.19. The van der Waals surface area contributed by atoms with Crippen molar-refractivity contribution in [1.29, 1.82) is 0 Å². The Hall–Kier alpha value is -0.860. The van der Waals surface area contributed by atoms with Crippen molar-refractivity contribution in [3.63, 3.8) is 0 Å². The molecule has 0 aromatic rings. The van der Waals surface area contributed by atoms with Crippen LogP contribution in [0.2, 0.25) is 0 Å². The summed E-state index contributed by atoms with van der Waals surface area (Å²) in [6.07, 6.45) is 1.54. The molecule has 0 radical (unpaired) electrons. The average Bonchev–Trinajstić information content (AvgIpc) is 1.94. The minimum Gasteiger partial charge on any atom is -0.481 e. The first-order chi connectivity index (χ1) is 5.43.